The van der Waals surface area contributed by atoms with Crippen LogP contribution in [0.1, 0.15) is 34.2 Å². The number of piperazine rings is 1. The van der Waals surface area contributed by atoms with Crippen molar-refractivity contribution in [2.24, 2.45) is 0 Å². The first kappa shape index (κ1) is 26.9. The van der Waals surface area contributed by atoms with Crippen molar-refractivity contribution < 1.29 is 36.1 Å². The number of aromatic nitrogens is 1. The molecule has 12 nitrogen and oxygen atoms in total. The Labute approximate surface area is 214 Å². The summed E-state index contributed by atoms with van der Waals surface area (Å²) in [6.07, 6.45) is 0.715. The molecule has 0 bridgehead atoms. The largest absolute Gasteiger partial charge is 0.519 e. The number of aromatic carboxylic acids is 1. The maximum Gasteiger partial charge on any atom is 0.519 e. The number of fused-ring (bicyclic) bond motifs is 3. The van der Waals surface area contributed by atoms with Crippen LogP contribution in [-0.4, -0.2) is 65.9 Å². The van der Waals surface area contributed by atoms with Gasteiger partial charge in [0.05, 0.1) is 34.4 Å². The van der Waals surface area contributed by atoms with Crippen LogP contribution in [0.15, 0.2) is 35.6 Å². The number of hydrogen-bond donors (Lipinski definition) is 2. The zero-order valence-electron chi connectivity index (χ0n) is 20.1. The number of pyridine rings is 1. The highest BCUT2D eigenvalue weighted by atomic mass is 32.2. The van der Waals surface area contributed by atoms with Gasteiger partial charge in [0.2, 0.25) is 5.43 Å². The molecule has 0 saturated carbocycles. The van der Waals surface area contributed by atoms with Crippen LogP contribution >= 0.6 is 11.8 Å². The summed E-state index contributed by atoms with van der Waals surface area (Å²) in [6, 6.07) is 2.80. The summed E-state index contributed by atoms with van der Waals surface area (Å²) in [4.78, 5) is 39.6. The first-order valence-corrected chi connectivity index (χ1v) is 13.8. The Morgan fingerprint density at radius 3 is 2.32 bits per heavy atom. The highest BCUT2D eigenvalue weighted by Gasteiger charge is 2.33. The fraction of sp³-hybridized carbons (Fsp3) is 0.409. The zero-order valence-corrected chi connectivity index (χ0v) is 21.7. The molecule has 0 spiro atoms. The minimum absolute atomic E-state index is 0.0470. The number of aryl methyl sites for hydroxylation is 1. The number of nitrogens with zero attached hydrogens (tertiary/aromatic N) is 3. The third-order valence-corrected chi connectivity index (χ3v) is 7.18. The summed E-state index contributed by atoms with van der Waals surface area (Å²) in [6.45, 7) is 6.33. The number of carboxylic acid groups (broad SMARTS) is 1. The van der Waals surface area contributed by atoms with E-state index in [0.29, 0.717) is 66.7 Å². The summed E-state index contributed by atoms with van der Waals surface area (Å²) in [5.74, 6) is -1.64. The van der Waals surface area contributed by atoms with Crippen LogP contribution in [-0.2, 0) is 16.7 Å². The van der Waals surface area contributed by atoms with Gasteiger partial charge in [-0.2, -0.15) is 8.42 Å². The van der Waals surface area contributed by atoms with Crippen molar-refractivity contribution >= 4 is 44.4 Å². The predicted molar refractivity (Wildman–Crippen MR) is 133 cm³/mol. The van der Waals surface area contributed by atoms with Crippen molar-refractivity contribution in [1.82, 2.24) is 9.47 Å². The molecular formula is C22H24FN3O9S2. The number of rotatable bonds is 4. The number of anilines is 1. The van der Waals surface area contributed by atoms with E-state index in [4.69, 9.17) is 13.4 Å². The van der Waals surface area contributed by atoms with Crippen LogP contribution in [0.5, 0.6) is 0 Å². The van der Waals surface area contributed by atoms with Crippen LogP contribution in [0, 0.1) is 12.7 Å². The fourth-order valence-corrected chi connectivity index (χ4v) is 5.49. The van der Waals surface area contributed by atoms with E-state index in [2.05, 4.69) is 4.90 Å². The van der Waals surface area contributed by atoms with Crippen LogP contribution in [0.25, 0.3) is 10.9 Å². The monoisotopic (exact) mass is 557 g/mol. The van der Waals surface area contributed by atoms with Gasteiger partial charge in [0.25, 0.3) is 10.1 Å². The SMILES string of the molecule is CS(=O)(=O)O.Cc1oc(=O)oc1CN1CCN(c2cc3c(cc2F)c(=O)c(C(=O)O)c2n3[C@@H](C)S2)CC1. The maximum absolute atomic E-state index is 15.0. The zero-order chi connectivity index (χ0) is 27.2. The number of halogens is 1. The molecule has 2 aliphatic heterocycles. The van der Waals surface area contributed by atoms with Gasteiger partial charge in [-0.1, -0.05) is 11.8 Å². The number of hydrogen-bond acceptors (Lipinski definition) is 10. The Morgan fingerprint density at radius 2 is 1.81 bits per heavy atom. The van der Waals surface area contributed by atoms with Crippen LogP contribution in [0.4, 0.5) is 10.1 Å². The summed E-state index contributed by atoms with van der Waals surface area (Å²) in [5, 5.41) is 9.89. The molecule has 5 rings (SSSR count). The quantitative estimate of drug-likeness (QED) is 0.450. The fourth-order valence-electron chi connectivity index (χ4n) is 4.34. The second-order valence-corrected chi connectivity index (χ2v) is 11.4. The van der Waals surface area contributed by atoms with E-state index >= 15 is 4.39 Å². The first-order valence-electron chi connectivity index (χ1n) is 11.1. The van der Waals surface area contributed by atoms with Gasteiger partial charge in [-0.05, 0) is 26.0 Å². The predicted octanol–water partition coefficient (Wildman–Crippen LogP) is 2.14. The summed E-state index contributed by atoms with van der Waals surface area (Å²) in [7, 11) is -3.67. The Morgan fingerprint density at radius 1 is 1.19 bits per heavy atom. The molecule has 15 heteroatoms. The minimum atomic E-state index is -3.67. The van der Waals surface area contributed by atoms with Crippen LogP contribution in [0.2, 0.25) is 0 Å². The van der Waals surface area contributed by atoms with Crippen molar-refractivity contribution in [3.05, 3.63) is 55.9 Å². The van der Waals surface area contributed by atoms with Gasteiger partial charge in [-0.3, -0.25) is 14.2 Å². The number of carbonyl (C=O) groups is 1. The van der Waals surface area contributed by atoms with Crippen molar-refractivity contribution in [1.29, 1.82) is 0 Å². The van der Waals surface area contributed by atoms with E-state index in [1.165, 1.54) is 11.8 Å². The first-order chi connectivity index (χ1) is 17.2. The van der Waals surface area contributed by atoms with Gasteiger partial charge in [-0.15, -0.1) is 0 Å². The van der Waals surface area contributed by atoms with Gasteiger partial charge in [0.15, 0.2) is 5.76 Å². The molecule has 37 heavy (non-hydrogen) atoms. The second-order valence-electron chi connectivity index (χ2n) is 8.65. The third kappa shape index (κ3) is 5.58. The van der Waals surface area contributed by atoms with Crippen molar-refractivity contribution in [2.75, 3.05) is 37.3 Å². The highest BCUT2D eigenvalue weighted by molar-refractivity contribution is 8.00. The van der Waals surface area contributed by atoms with Crippen LogP contribution in [0.3, 0.4) is 0 Å². The molecule has 2 N–H and O–H groups in total. The molecule has 200 valence electrons. The average Bonchev–Trinajstić information content (AvgIpc) is 3.09. The van der Waals surface area contributed by atoms with Gasteiger partial charge in [0, 0.05) is 31.6 Å². The smallest absolute Gasteiger partial charge is 0.477 e. The summed E-state index contributed by atoms with van der Waals surface area (Å²) >= 11 is 1.32. The van der Waals surface area contributed by atoms with E-state index in [1.807, 2.05) is 11.8 Å². The number of carboxylic acids is 1. The number of benzene rings is 1. The lowest BCUT2D eigenvalue weighted by atomic mass is 10.1. The molecule has 3 aromatic rings. The molecule has 1 fully saturated rings. The van der Waals surface area contributed by atoms with E-state index in [-0.39, 0.29) is 16.3 Å². The van der Waals surface area contributed by atoms with Crippen molar-refractivity contribution in [2.45, 2.75) is 30.8 Å². The molecule has 1 aromatic carbocycles. The normalized spacial score (nSPS) is 17.6. The van der Waals surface area contributed by atoms with Crippen molar-refractivity contribution in [3.63, 3.8) is 0 Å². The lowest BCUT2D eigenvalue weighted by molar-refractivity contribution is 0.0689. The second kappa shape index (κ2) is 9.96. The lowest BCUT2D eigenvalue weighted by Gasteiger charge is -2.37. The molecule has 1 atom stereocenters. The summed E-state index contributed by atoms with van der Waals surface area (Å²) in [5.41, 5.74) is -0.0479. The molecule has 0 unspecified atom stereocenters. The topological polar surface area (TPSA) is 164 Å². The molecule has 0 amide bonds. The minimum Gasteiger partial charge on any atom is -0.477 e. The average molecular weight is 558 g/mol. The van der Waals surface area contributed by atoms with Gasteiger partial charge in [0.1, 0.15) is 17.1 Å². The highest BCUT2D eigenvalue weighted by Crippen LogP contribution is 2.46. The van der Waals surface area contributed by atoms with Crippen LogP contribution < -0.4 is 16.2 Å². The molecule has 0 radical (unpaired) electrons. The Hall–Kier alpha value is -3.14. The molecule has 2 aliphatic rings. The lowest BCUT2D eigenvalue weighted by Crippen LogP contribution is -2.46. The molecular weight excluding hydrogens is 533 g/mol. The molecule has 2 aromatic heterocycles. The third-order valence-electron chi connectivity index (χ3n) is 6.00. The Balaban J connectivity index is 0.000000586. The van der Waals surface area contributed by atoms with Gasteiger partial charge in [-0.25, -0.2) is 14.0 Å². The van der Waals surface area contributed by atoms with Gasteiger partial charge >= 0.3 is 11.8 Å². The molecule has 1 saturated heterocycles. The maximum atomic E-state index is 15.0. The van der Waals surface area contributed by atoms with E-state index < -0.39 is 33.2 Å². The van der Waals surface area contributed by atoms with E-state index in [9.17, 15) is 27.9 Å². The van der Waals surface area contributed by atoms with Gasteiger partial charge < -0.3 is 23.4 Å². The van der Waals surface area contributed by atoms with E-state index in [0.717, 1.165) is 6.07 Å². The Kier molecular flexibility index (Phi) is 7.25. The van der Waals surface area contributed by atoms with E-state index in [1.54, 1.807) is 17.6 Å². The standard InChI is InChI=1S/C21H20FN3O6S.CH4O3S/c1-10-16(31-21(29)30-10)9-23-3-5-24(6-4-23)15-8-14-12(7-13(15)22)18(26)17(20(27)28)19-25(14)11(2)32-19;1-5(2,3)4/h7-8,11H,3-6,9H2,1-2H3,(H,27,28);1H3,(H,2,3,4)/t11-;/m1./s1. The number of thioether (sulfide) groups is 1. The van der Waals surface area contributed by atoms with Crippen molar-refractivity contribution in [3.8, 4) is 0 Å². The Bertz CT molecular complexity index is 1590. The molecule has 4 heterocycles. The summed E-state index contributed by atoms with van der Waals surface area (Å²) < 4.78 is 52.7. The molecule has 0 aliphatic carbocycles.